The molecular weight excluding hydrogens is 314 g/mol. The SMILES string of the molecule is COc1c(C)c(C)c(Br)c(C)c1Cc1cccc(N)c1. The summed E-state index contributed by atoms with van der Waals surface area (Å²) in [5.41, 5.74) is 12.7. The molecule has 0 saturated heterocycles. The number of halogens is 1. The molecule has 0 spiro atoms. The highest BCUT2D eigenvalue weighted by Crippen LogP contribution is 2.37. The molecule has 0 amide bonds. The predicted octanol–water partition coefficient (Wildman–Crippen LogP) is 4.56. The molecule has 0 unspecified atom stereocenters. The lowest BCUT2D eigenvalue weighted by Gasteiger charge is -2.19. The van der Waals surface area contributed by atoms with Crippen molar-refractivity contribution in [3.8, 4) is 5.75 Å². The van der Waals surface area contributed by atoms with Crippen LogP contribution < -0.4 is 10.5 Å². The van der Waals surface area contributed by atoms with Crippen molar-refractivity contribution in [2.24, 2.45) is 0 Å². The van der Waals surface area contributed by atoms with E-state index in [2.05, 4.69) is 42.8 Å². The van der Waals surface area contributed by atoms with Crippen molar-refractivity contribution >= 4 is 21.6 Å². The van der Waals surface area contributed by atoms with Crippen molar-refractivity contribution in [3.63, 3.8) is 0 Å². The average Bonchev–Trinajstić information content (AvgIpc) is 2.43. The monoisotopic (exact) mass is 333 g/mol. The Kier molecular flexibility index (Phi) is 4.39. The topological polar surface area (TPSA) is 35.2 Å². The van der Waals surface area contributed by atoms with Crippen LogP contribution in [0.4, 0.5) is 5.69 Å². The van der Waals surface area contributed by atoms with Crippen LogP contribution in [0.25, 0.3) is 0 Å². The van der Waals surface area contributed by atoms with Gasteiger partial charge >= 0.3 is 0 Å². The van der Waals surface area contributed by atoms with E-state index in [-0.39, 0.29) is 0 Å². The van der Waals surface area contributed by atoms with Crippen LogP contribution in [0.1, 0.15) is 27.8 Å². The number of benzene rings is 2. The summed E-state index contributed by atoms with van der Waals surface area (Å²) in [6.07, 6.45) is 0.819. The first-order valence-electron chi connectivity index (χ1n) is 6.62. The zero-order valence-electron chi connectivity index (χ0n) is 12.4. The van der Waals surface area contributed by atoms with E-state index in [1.807, 2.05) is 18.2 Å². The van der Waals surface area contributed by atoms with Gasteiger partial charge in [-0.05, 0) is 55.2 Å². The molecular formula is C17H20BrNO. The molecule has 0 bridgehead atoms. The van der Waals surface area contributed by atoms with E-state index in [0.717, 1.165) is 22.3 Å². The fourth-order valence-electron chi connectivity index (χ4n) is 2.54. The van der Waals surface area contributed by atoms with Crippen LogP contribution in [0.2, 0.25) is 0 Å². The number of hydrogen-bond donors (Lipinski definition) is 1. The highest BCUT2D eigenvalue weighted by atomic mass is 79.9. The van der Waals surface area contributed by atoms with E-state index in [1.54, 1.807) is 7.11 Å². The van der Waals surface area contributed by atoms with Crippen LogP contribution in [0.5, 0.6) is 5.75 Å². The number of anilines is 1. The van der Waals surface area contributed by atoms with E-state index < -0.39 is 0 Å². The molecule has 0 atom stereocenters. The van der Waals surface area contributed by atoms with E-state index in [4.69, 9.17) is 10.5 Å². The summed E-state index contributed by atoms with van der Waals surface area (Å²) in [6, 6.07) is 8.01. The number of rotatable bonds is 3. The highest BCUT2D eigenvalue weighted by molar-refractivity contribution is 9.10. The maximum Gasteiger partial charge on any atom is 0.125 e. The van der Waals surface area contributed by atoms with Crippen molar-refractivity contribution in [2.75, 3.05) is 12.8 Å². The van der Waals surface area contributed by atoms with Gasteiger partial charge in [0.15, 0.2) is 0 Å². The molecule has 106 valence electrons. The van der Waals surface area contributed by atoms with E-state index >= 15 is 0 Å². The van der Waals surface area contributed by atoms with Crippen LogP contribution in [-0.4, -0.2) is 7.11 Å². The fraction of sp³-hybridized carbons (Fsp3) is 0.294. The Hall–Kier alpha value is -1.48. The minimum atomic E-state index is 0.794. The van der Waals surface area contributed by atoms with Crippen molar-refractivity contribution in [3.05, 3.63) is 56.6 Å². The van der Waals surface area contributed by atoms with Gasteiger partial charge in [-0.25, -0.2) is 0 Å². The molecule has 2 N–H and O–H groups in total. The van der Waals surface area contributed by atoms with E-state index in [9.17, 15) is 0 Å². The first kappa shape index (κ1) is 14.9. The second-order valence-electron chi connectivity index (χ2n) is 5.12. The molecule has 0 fully saturated rings. The lowest BCUT2D eigenvalue weighted by atomic mass is 9.94. The summed E-state index contributed by atoms with van der Waals surface area (Å²) in [6.45, 7) is 6.33. The molecule has 20 heavy (non-hydrogen) atoms. The zero-order valence-corrected chi connectivity index (χ0v) is 14.0. The first-order chi connectivity index (χ1) is 9.45. The lowest BCUT2D eigenvalue weighted by molar-refractivity contribution is 0.406. The Balaban J connectivity index is 2.56. The molecule has 3 heteroatoms. The molecule has 0 aliphatic heterocycles. The van der Waals surface area contributed by atoms with Gasteiger partial charge in [-0.15, -0.1) is 0 Å². The number of ether oxygens (including phenoxy) is 1. The van der Waals surface area contributed by atoms with Gasteiger partial charge < -0.3 is 10.5 Å². The Morgan fingerprint density at radius 3 is 2.40 bits per heavy atom. The van der Waals surface area contributed by atoms with Crippen molar-refractivity contribution < 1.29 is 4.74 Å². The van der Waals surface area contributed by atoms with Crippen molar-refractivity contribution in [2.45, 2.75) is 27.2 Å². The molecule has 0 aliphatic rings. The predicted molar refractivity (Wildman–Crippen MR) is 88.6 cm³/mol. The Labute approximate surface area is 129 Å². The molecule has 2 rings (SSSR count). The van der Waals surface area contributed by atoms with Crippen LogP contribution >= 0.6 is 15.9 Å². The van der Waals surface area contributed by atoms with Gasteiger partial charge in [-0.3, -0.25) is 0 Å². The van der Waals surface area contributed by atoms with Crippen LogP contribution in [0.3, 0.4) is 0 Å². The number of nitrogen functional groups attached to an aromatic ring is 1. The summed E-state index contributed by atoms with van der Waals surface area (Å²) < 4.78 is 6.80. The molecule has 2 nitrogen and oxygen atoms in total. The normalized spacial score (nSPS) is 10.7. The van der Waals surface area contributed by atoms with E-state index in [0.29, 0.717) is 0 Å². The summed E-state index contributed by atoms with van der Waals surface area (Å²) in [5.74, 6) is 0.977. The molecule has 0 aliphatic carbocycles. The summed E-state index contributed by atoms with van der Waals surface area (Å²) in [4.78, 5) is 0. The van der Waals surface area contributed by atoms with E-state index in [1.165, 1.54) is 27.8 Å². The second-order valence-corrected chi connectivity index (χ2v) is 5.92. The Morgan fingerprint density at radius 2 is 1.80 bits per heavy atom. The summed E-state index contributed by atoms with van der Waals surface area (Å²) in [5, 5.41) is 0. The fourth-order valence-corrected chi connectivity index (χ4v) is 3.08. The molecule has 2 aromatic carbocycles. The lowest BCUT2D eigenvalue weighted by Crippen LogP contribution is -2.03. The van der Waals surface area contributed by atoms with Gasteiger partial charge in [0.1, 0.15) is 5.75 Å². The van der Waals surface area contributed by atoms with Crippen LogP contribution in [0, 0.1) is 20.8 Å². The zero-order chi connectivity index (χ0) is 14.9. The maximum absolute atomic E-state index is 5.86. The third-order valence-electron chi connectivity index (χ3n) is 3.82. The number of nitrogens with two attached hydrogens (primary N) is 1. The van der Waals surface area contributed by atoms with Gasteiger partial charge in [-0.1, -0.05) is 28.1 Å². The molecule has 2 aromatic rings. The third-order valence-corrected chi connectivity index (χ3v) is 5.01. The smallest absolute Gasteiger partial charge is 0.125 e. The Morgan fingerprint density at radius 1 is 1.10 bits per heavy atom. The van der Waals surface area contributed by atoms with Crippen LogP contribution in [-0.2, 0) is 6.42 Å². The first-order valence-corrected chi connectivity index (χ1v) is 7.41. The second kappa shape index (κ2) is 5.88. The standard InChI is InChI=1S/C17H20BrNO/c1-10-11(2)17(20-4)15(12(3)16(10)18)9-13-6-5-7-14(19)8-13/h5-8H,9,19H2,1-4H3. The largest absolute Gasteiger partial charge is 0.496 e. The summed E-state index contributed by atoms with van der Waals surface area (Å²) >= 11 is 3.69. The maximum atomic E-state index is 5.86. The molecule has 0 heterocycles. The highest BCUT2D eigenvalue weighted by Gasteiger charge is 2.16. The van der Waals surface area contributed by atoms with Crippen molar-refractivity contribution in [1.82, 2.24) is 0 Å². The van der Waals surface area contributed by atoms with Gasteiger partial charge in [0.25, 0.3) is 0 Å². The molecule has 0 aromatic heterocycles. The Bertz CT molecular complexity index is 650. The number of methoxy groups -OCH3 is 1. The van der Waals surface area contributed by atoms with Crippen LogP contribution in [0.15, 0.2) is 28.7 Å². The summed E-state index contributed by atoms with van der Waals surface area (Å²) in [7, 11) is 1.73. The van der Waals surface area contributed by atoms with Gasteiger partial charge in [0, 0.05) is 22.1 Å². The minimum absolute atomic E-state index is 0.794. The third kappa shape index (κ3) is 2.68. The van der Waals surface area contributed by atoms with Gasteiger partial charge in [0.05, 0.1) is 7.11 Å². The average molecular weight is 334 g/mol. The number of hydrogen-bond acceptors (Lipinski definition) is 2. The van der Waals surface area contributed by atoms with Gasteiger partial charge in [0.2, 0.25) is 0 Å². The molecule has 0 radical (unpaired) electrons. The van der Waals surface area contributed by atoms with Gasteiger partial charge in [-0.2, -0.15) is 0 Å². The van der Waals surface area contributed by atoms with Crippen molar-refractivity contribution in [1.29, 1.82) is 0 Å². The molecule has 0 saturated carbocycles. The quantitative estimate of drug-likeness (QED) is 0.836. The minimum Gasteiger partial charge on any atom is -0.496 e.